The molecule has 25 heavy (non-hydrogen) atoms. The Morgan fingerprint density at radius 1 is 1.28 bits per heavy atom. The van der Waals surface area contributed by atoms with E-state index in [1.165, 1.54) is 6.07 Å². The summed E-state index contributed by atoms with van der Waals surface area (Å²) < 4.78 is 16.2. The average Bonchev–Trinajstić information content (AvgIpc) is 3.04. The number of carboxylic acids is 1. The molecule has 1 aromatic carbocycles. The number of nitrogens with one attached hydrogen (secondary N) is 1. The van der Waals surface area contributed by atoms with Crippen LogP contribution >= 0.6 is 0 Å². The van der Waals surface area contributed by atoms with Crippen LogP contribution in [-0.4, -0.2) is 36.7 Å². The summed E-state index contributed by atoms with van der Waals surface area (Å²) in [5, 5.41) is 11.8. The standard InChI is InChI=1S/C18H21NO6/c1-4-15-14(18(21)22)9-16(25-15)17(20)19-10-11(2)24-13-7-5-6-12(8-13)23-3/h5-9,11H,4,10H2,1-3H3,(H,19,20)(H,21,22). The van der Waals surface area contributed by atoms with E-state index in [1.807, 2.05) is 19.1 Å². The topological polar surface area (TPSA) is 98.0 Å². The maximum absolute atomic E-state index is 12.1. The number of carboxylic acid groups (broad SMARTS) is 1. The van der Waals surface area contributed by atoms with Crippen molar-refractivity contribution in [2.24, 2.45) is 0 Å². The second-order valence-electron chi connectivity index (χ2n) is 5.42. The third-order valence-electron chi connectivity index (χ3n) is 3.51. The predicted octanol–water partition coefficient (Wildman–Crippen LogP) is 2.75. The molecule has 7 nitrogen and oxygen atoms in total. The Morgan fingerprint density at radius 3 is 2.60 bits per heavy atom. The average molecular weight is 347 g/mol. The number of carbonyl (C=O) groups excluding carboxylic acids is 1. The van der Waals surface area contributed by atoms with Gasteiger partial charge in [-0.1, -0.05) is 13.0 Å². The van der Waals surface area contributed by atoms with Crippen molar-refractivity contribution in [3.05, 3.63) is 47.4 Å². The van der Waals surface area contributed by atoms with Crippen LogP contribution in [0, 0.1) is 0 Å². The summed E-state index contributed by atoms with van der Waals surface area (Å²) in [6.45, 7) is 3.81. The van der Waals surface area contributed by atoms with Crippen molar-refractivity contribution in [1.29, 1.82) is 0 Å². The largest absolute Gasteiger partial charge is 0.497 e. The predicted molar refractivity (Wildman–Crippen MR) is 90.5 cm³/mol. The van der Waals surface area contributed by atoms with Gasteiger partial charge in [-0.3, -0.25) is 4.79 Å². The summed E-state index contributed by atoms with van der Waals surface area (Å²) in [4.78, 5) is 23.2. The van der Waals surface area contributed by atoms with E-state index in [2.05, 4.69) is 5.32 Å². The first-order valence-electron chi connectivity index (χ1n) is 7.89. The SMILES string of the molecule is CCc1oc(C(=O)NCC(C)Oc2cccc(OC)c2)cc1C(=O)O. The molecule has 0 saturated heterocycles. The van der Waals surface area contributed by atoms with Crippen LogP contribution in [0.1, 0.15) is 40.5 Å². The third kappa shape index (κ3) is 4.76. The molecule has 0 fully saturated rings. The van der Waals surface area contributed by atoms with E-state index in [0.29, 0.717) is 17.9 Å². The van der Waals surface area contributed by atoms with Crippen molar-refractivity contribution < 1.29 is 28.6 Å². The fourth-order valence-corrected chi connectivity index (χ4v) is 2.26. The summed E-state index contributed by atoms with van der Waals surface area (Å²) >= 11 is 0. The molecule has 0 aliphatic heterocycles. The van der Waals surface area contributed by atoms with E-state index >= 15 is 0 Å². The molecule has 7 heteroatoms. The molecule has 1 aromatic heterocycles. The zero-order valence-corrected chi connectivity index (χ0v) is 14.4. The van der Waals surface area contributed by atoms with Crippen LogP contribution in [0.5, 0.6) is 11.5 Å². The fraction of sp³-hybridized carbons (Fsp3) is 0.333. The molecule has 2 N–H and O–H groups in total. The van der Waals surface area contributed by atoms with Crippen LogP contribution in [0.3, 0.4) is 0 Å². The number of aryl methyl sites for hydroxylation is 1. The smallest absolute Gasteiger partial charge is 0.339 e. The lowest BCUT2D eigenvalue weighted by molar-refractivity contribution is 0.0694. The maximum atomic E-state index is 12.1. The monoisotopic (exact) mass is 347 g/mol. The van der Waals surface area contributed by atoms with Crippen molar-refractivity contribution in [3.8, 4) is 11.5 Å². The molecule has 1 amide bonds. The number of rotatable bonds is 8. The van der Waals surface area contributed by atoms with Crippen molar-refractivity contribution in [3.63, 3.8) is 0 Å². The van der Waals surface area contributed by atoms with Gasteiger partial charge < -0.3 is 24.3 Å². The summed E-state index contributed by atoms with van der Waals surface area (Å²) in [5.74, 6) is -0.0445. The number of benzene rings is 1. The zero-order chi connectivity index (χ0) is 18.4. The van der Waals surface area contributed by atoms with Crippen molar-refractivity contribution in [2.75, 3.05) is 13.7 Å². The first-order chi connectivity index (χ1) is 11.9. The second-order valence-corrected chi connectivity index (χ2v) is 5.42. The zero-order valence-electron chi connectivity index (χ0n) is 14.4. The molecular weight excluding hydrogens is 326 g/mol. The van der Waals surface area contributed by atoms with Gasteiger partial charge in [0.05, 0.1) is 13.7 Å². The van der Waals surface area contributed by atoms with Crippen LogP contribution in [-0.2, 0) is 6.42 Å². The summed E-state index contributed by atoms with van der Waals surface area (Å²) in [6, 6.07) is 8.39. The number of methoxy groups -OCH3 is 1. The lowest BCUT2D eigenvalue weighted by Crippen LogP contribution is -2.33. The van der Waals surface area contributed by atoms with Gasteiger partial charge in [-0.05, 0) is 19.1 Å². The summed E-state index contributed by atoms with van der Waals surface area (Å²) in [7, 11) is 1.57. The van der Waals surface area contributed by atoms with Crippen LogP contribution in [0.25, 0.3) is 0 Å². The molecule has 0 saturated carbocycles. The molecular formula is C18H21NO6. The van der Waals surface area contributed by atoms with Crippen LogP contribution < -0.4 is 14.8 Å². The number of aromatic carboxylic acids is 1. The Labute approximate surface area is 145 Å². The highest BCUT2D eigenvalue weighted by Gasteiger charge is 2.20. The Morgan fingerprint density at radius 2 is 2.00 bits per heavy atom. The normalized spacial score (nSPS) is 11.6. The van der Waals surface area contributed by atoms with Crippen molar-refractivity contribution in [1.82, 2.24) is 5.32 Å². The van der Waals surface area contributed by atoms with Gasteiger partial charge in [-0.15, -0.1) is 0 Å². The Bertz CT molecular complexity index is 752. The third-order valence-corrected chi connectivity index (χ3v) is 3.51. The minimum atomic E-state index is -1.12. The number of furan rings is 1. The van der Waals surface area contributed by atoms with E-state index in [0.717, 1.165) is 0 Å². The Balaban J connectivity index is 1.93. The number of amides is 1. The van der Waals surface area contributed by atoms with Crippen LogP contribution in [0.15, 0.2) is 34.7 Å². The van der Waals surface area contributed by atoms with Gasteiger partial charge in [0, 0.05) is 18.6 Å². The molecule has 1 heterocycles. The van der Waals surface area contributed by atoms with Gasteiger partial charge >= 0.3 is 5.97 Å². The Kier molecular flexibility index (Phi) is 6.05. The Hall–Kier alpha value is -2.96. The van der Waals surface area contributed by atoms with Gasteiger partial charge in [0.1, 0.15) is 28.9 Å². The second kappa shape index (κ2) is 8.23. The first kappa shape index (κ1) is 18.4. The highest BCUT2D eigenvalue weighted by atomic mass is 16.5. The van der Waals surface area contributed by atoms with Crippen molar-refractivity contribution in [2.45, 2.75) is 26.4 Å². The molecule has 2 rings (SSSR count). The van der Waals surface area contributed by atoms with Gasteiger partial charge in [0.25, 0.3) is 5.91 Å². The molecule has 0 aliphatic carbocycles. The molecule has 0 aliphatic rings. The van der Waals surface area contributed by atoms with E-state index in [4.69, 9.17) is 19.0 Å². The van der Waals surface area contributed by atoms with Crippen LogP contribution in [0.2, 0.25) is 0 Å². The molecule has 0 radical (unpaired) electrons. The van der Waals surface area contributed by atoms with Gasteiger partial charge in [-0.2, -0.15) is 0 Å². The molecule has 2 aromatic rings. The van der Waals surface area contributed by atoms with E-state index in [9.17, 15) is 9.59 Å². The van der Waals surface area contributed by atoms with E-state index in [1.54, 1.807) is 26.2 Å². The highest BCUT2D eigenvalue weighted by Crippen LogP contribution is 2.20. The maximum Gasteiger partial charge on any atom is 0.339 e. The molecule has 134 valence electrons. The highest BCUT2D eigenvalue weighted by molar-refractivity contribution is 5.96. The quantitative estimate of drug-likeness (QED) is 0.762. The van der Waals surface area contributed by atoms with Gasteiger partial charge in [0.15, 0.2) is 5.76 Å². The van der Waals surface area contributed by atoms with Crippen molar-refractivity contribution >= 4 is 11.9 Å². The summed E-state index contributed by atoms with van der Waals surface area (Å²) in [6.07, 6.45) is 0.0974. The molecule has 1 atom stereocenters. The fourth-order valence-electron chi connectivity index (χ4n) is 2.26. The lowest BCUT2D eigenvalue weighted by atomic mass is 10.2. The number of hydrogen-bond acceptors (Lipinski definition) is 5. The van der Waals surface area contributed by atoms with E-state index in [-0.39, 0.29) is 29.7 Å². The number of carbonyl (C=O) groups is 2. The first-order valence-corrected chi connectivity index (χ1v) is 7.89. The molecule has 1 unspecified atom stereocenters. The minimum Gasteiger partial charge on any atom is -0.497 e. The number of ether oxygens (including phenoxy) is 2. The lowest BCUT2D eigenvalue weighted by Gasteiger charge is -2.15. The van der Waals surface area contributed by atoms with E-state index < -0.39 is 11.9 Å². The minimum absolute atomic E-state index is 0.00771. The van der Waals surface area contributed by atoms with Gasteiger partial charge in [-0.25, -0.2) is 4.79 Å². The molecule has 0 spiro atoms. The molecule has 0 bridgehead atoms. The van der Waals surface area contributed by atoms with Crippen LogP contribution in [0.4, 0.5) is 0 Å². The van der Waals surface area contributed by atoms with Gasteiger partial charge in [0.2, 0.25) is 0 Å². The number of hydrogen-bond donors (Lipinski definition) is 2. The summed E-state index contributed by atoms with van der Waals surface area (Å²) in [5.41, 5.74) is 0.00771.